The zero-order chi connectivity index (χ0) is 20.8. The Kier molecular flexibility index (Phi) is 3.95. The number of hydrogen-bond donors (Lipinski definition) is 1. The van der Waals surface area contributed by atoms with Crippen LogP contribution in [-0.2, 0) is 5.60 Å². The highest BCUT2D eigenvalue weighted by Crippen LogP contribution is 2.52. The third-order valence-electron chi connectivity index (χ3n) is 6.13. The molecule has 0 aromatic heterocycles. The number of rotatable bonds is 3. The van der Waals surface area contributed by atoms with Crippen molar-refractivity contribution in [2.45, 2.75) is 5.60 Å². The Morgan fingerprint density at radius 3 is 1.90 bits per heavy atom. The highest BCUT2D eigenvalue weighted by Gasteiger charge is 2.43. The summed E-state index contributed by atoms with van der Waals surface area (Å²) in [5.74, 6) is 1.53. The third kappa shape index (κ3) is 2.77. The molecule has 0 bridgehead atoms. The molecule has 1 aliphatic rings. The molecule has 0 aliphatic heterocycles. The largest absolute Gasteiger partial charge is 0.457 e. The van der Waals surface area contributed by atoms with Crippen molar-refractivity contribution in [3.63, 3.8) is 0 Å². The maximum absolute atomic E-state index is 12.2. The van der Waals surface area contributed by atoms with Crippen molar-refractivity contribution in [3.05, 3.63) is 132 Å². The zero-order valence-corrected chi connectivity index (χ0v) is 16.8. The van der Waals surface area contributed by atoms with Gasteiger partial charge in [-0.2, -0.15) is 0 Å². The lowest BCUT2D eigenvalue weighted by molar-refractivity contribution is 0.131. The van der Waals surface area contributed by atoms with E-state index in [0.29, 0.717) is 0 Å². The van der Waals surface area contributed by atoms with Gasteiger partial charge in [0.15, 0.2) is 0 Å². The van der Waals surface area contributed by atoms with Crippen LogP contribution in [0.15, 0.2) is 115 Å². The molecule has 2 nitrogen and oxygen atoms in total. The summed E-state index contributed by atoms with van der Waals surface area (Å²) >= 11 is 0. The van der Waals surface area contributed by atoms with E-state index in [2.05, 4.69) is 30.3 Å². The molecule has 1 N–H and O–H groups in total. The van der Waals surface area contributed by atoms with Gasteiger partial charge in [0.1, 0.15) is 17.1 Å². The van der Waals surface area contributed by atoms with Crippen molar-refractivity contribution in [2.24, 2.45) is 0 Å². The van der Waals surface area contributed by atoms with Crippen LogP contribution in [0.2, 0.25) is 0 Å². The van der Waals surface area contributed by atoms with Gasteiger partial charge in [0.05, 0.1) is 0 Å². The Morgan fingerprint density at radius 1 is 0.516 bits per heavy atom. The Hall–Kier alpha value is -3.88. The lowest BCUT2D eigenvalue weighted by Gasteiger charge is -2.27. The summed E-state index contributed by atoms with van der Waals surface area (Å²) in [6.45, 7) is 0. The van der Waals surface area contributed by atoms with Crippen LogP contribution in [0.5, 0.6) is 11.5 Å². The second kappa shape index (κ2) is 6.83. The monoisotopic (exact) mass is 400 g/mol. The minimum atomic E-state index is -1.21. The Labute approximate surface area is 181 Å². The molecule has 2 heteroatoms. The molecule has 31 heavy (non-hydrogen) atoms. The number of fused-ring (bicyclic) bond motifs is 4. The summed E-state index contributed by atoms with van der Waals surface area (Å²) in [6, 6.07) is 38.2. The molecule has 0 saturated heterocycles. The molecule has 0 radical (unpaired) electrons. The van der Waals surface area contributed by atoms with Crippen molar-refractivity contribution < 1.29 is 9.84 Å². The van der Waals surface area contributed by atoms with Crippen molar-refractivity contribution >= 4 is 10.8 Å². The summed E-state index contributed by atoms with van der Waals surface area (Å²) in [4.78, 5) is 0. The van der Waals surface area contributed by atoms with Gasteiger partial charge < -0.3 is 9.84 Å². The Bertz CT molecular complexity index is 1400. The molecule has 0 saturated carbocycles. The standard InChI is InChI=1S/C29H20O2/c30-29(22-14-16-24(17-15-22)31-23-10-2-1-3-11-23)27-13-7-6-12-25(27)26-18-20-8-4-5-9-21(20)19-28(26)29/h1-19,30H. The fraction of sp³-hybridized carbons (Fsp3) is 0.0345. The molecule has 148 valence electrons. The van der Waals surface area contributed by atoms with Crippen LogP contribution < -0.4 is 4.74 Å². The first-order valence-corrected chi connectivity index (χ1v) is 10.4. The van der Waals surface area contributed by atoms with Crippen LogP contribution in [0.4, 0.5) is 0 Å². The normalized spacial score (nSPS) is 16.7. The predicted molar refractivity (Wildman–Crippen MR) is 124 cm³/mol. The van der Waals surface area contributed by atoms with E-state index in [0.717, 1.165) is 44.7 Å². The van der Waals surface area contributed by atoms with Gasteiger partial charge in [0, 0.05) is 11.1 Å². The Balaban J connectivity index is 1.49. The smallest absolute Gasteiger partial charge is 0.141 e. The van der Waals surface area contributed by atoms with E-state index in [4.69, 9.17) is 4.74 Å². The molecule has 1 unspecified atom stereocenters. The van der Waals surface area contributed by atoms with Gasteiger partial charge in [-0.05, 0) is 63.9 Å². The van der Waals surface area contributed by atoms with E-state index >= 15 is 0 Å². The maximum Gasteiger partial charge on any atom is 0.141 e. The molecule has 0 heterocycles. The molecule has 0 fully saturated rings. The van der Waals surface area contributed by atoms with Crippen LogP contribution in [0, 0.1) is 0 Å². The van der Waals surface area contributed by atoms with E-state index in [9.17, 15) is 5.11 Å². The molecule has 0 spiro atoms. The second-order valence-electron chi connectivity index (χ2n) is 7.94. The van der Waals surface area contributed by atoms with Crippen LogP contribution in [0.3, 0.4) is 0 Å². The van der Waals surface area contributed by atoms with Crippen LogP contribution >= 0.6 is 0 Å². The van der Waals surface area contributed by atoms with Gasteiger partial charge in [-0.1, -0.05) is 78.9 Å². The number of ether oxygens (including phenoxy) is 1. The summed E-state index contributed by atoms with van der Waals surface area (Å²) in [6.07, 6.45) is 0. The first-order valence-electron chi connectivity index (χ1n) is 10.4. The first kappa shape index (κ1) is 17.9. The van der Waals surface area contributed by atoms with Gasteiger partial charge in [-0.25, -0.2) is 0 Å². The summed E-state index contributed by atoms with van der Waals surface area (Å²) in [7, 11) is 0. The van der Waals surface area contributed by atoms with Crippen molar-refractivity contribution in [2.75, 3.05) is 0 Å². The molecular weight excluding hydrogens is 380 g/mol. The van der Waals surface area contributed by atoms with E-state index in [1.54, 1.807) is 0 Å². The van der Waals surface area contributed by atoms with Crippen molar-refractivity contribution in [3.8, 4) is 22.6 Å². The maximum atomic E-state index is 12.2. The van der Waals surface area contributed by atoms with Gasteiger partial charge in [-0.3, -0.25) is 0 Å². The zero-order valence-electron chi connectivity index (χ0n) is 16.8. The lowest BCUT2D eigenvalue weighted by atomic mass is 9.83. The first-order chi connectivity index (χ1) is 15.2. The average molecular weight is 400 g/mol. The highest BCUT2D eigenvalue weighted by atomic mass is 16.5. The molecule has 5 aromatic rings. The highest BCUT2D eigenvalue weighted by molar-refractivity contribution is 5.94. The van der Waals surface area contributed by atoms with Crippen LogP contribution in [-0.4, -0.2) is 5.11 Å². The number of para-hydroxylation sites is 1. The van der Waals surface area contributed by atoms with E-state index in [-0.39, 0.29) is 0 Å². The number of hydrogen-bond acceptors (Lipinski definition) is 2. The molecule has 5 aromatic carbocycles. The fourth-order valence-electron chi connectivity index (χ4n) is 4.64. The van der Waals surface area contributed by atoms with Crippen molar-refractivity contribution in [1.29, 1.82) is 0 Å². The van der Waals surface area contributed by atoms with Crippen LogP contribution in [0.25, 0.3) is 21.9 Å². The van der Waals surface area contributed by atoms with Gasteiger partial charge in [0.2, 0.25) is 0 Å². The van der Waals surface area contributed by atoms with Gasteiger partial charge in [0.25, 0.3) is 0 Å². The molecule has 1 aliphatic carbocycles. The summed E-state index contributed by atoms with van der Waals surface area (Å²) in [5.41, 5.74) is 3.62. The quantitative estimate of drug-likeness (QED) is 0.357. The SMILES string of the molecule is OC1(c2ccc(Oc3ccccc3)cc2)c2ccccc2-c2cc3ccccc3cc21. The minimum absolute atomic E-state index is 0.739. The summed E-state index contributed by atoms with van der Waals surface area (Å²) < 4.78 is 5.94. The molecule has 0 amide bonds. The minimum Gasteiger partial charge on any atom is -0.457 e. The molecule has 1 atom stereocenters. The lowest BCUT2D eigenvalue weighted by Crippen LogP contribution is -2.26. The summed E-state index contributed by atoms with van der Waals surface area (Å²) in [5, 5.41) is 14.5. The predicted octanol–water partition coefficient (Wildman–Crippen LogP) is 6.90. The van der Waals surface area contributed by atoms with Gasteiger partial charge >= 0.3 is 0 Å². The fourth-order valence-corrected chi connectivity index (χ4v) is 4.64. The molecule has 6 rings (SSSR count). The second-order valence-corrected chi connectivity index (χ2v) is 7.94. The molecular formula is C29H20O2. The van der Waals surface area contributed by atoms with Gasteiger partial charge in [-0.15, -0.1) is 0 Å². The van der Waals surface area contributed by atoms with E-state index < -0.39 is 5.60 Å². The van der Waals surface area contributed by atoms with E-state index in [1.165, 1.54) is 5.39 Å². The van der Waals surface area contributed by atoms with E-state index in [1.807, 2.05) is 84.9 Å². The third-order valence-corrected chi connectivity index (χ3v) is 6.13. The number of benzene rings is 5. The number of aliphatic hydroxyl groups is 1. The average Bonchev–Trinajstić information content (AvgIpc) is 3.08. The topological polar surface area (TPSA) is 29.5 Å². The van der Waals surface area contributed by atoms with Crippen LogP contribution in [0.1, 0.15) is 16.7 Å². The van der Waals surface area contributed by atoms with Crippen molar-refractivity contribution in [1.82, 2.24) is 0 Å². The Morgan fingerprint density at radius 2 is 1.13 bits per heavy atom.